The Labute approximate surface area is 120 Å². The maximum absolute atomic E-state index is 8.96. The number of azo groups is 1. The average Bonchev–Trinajstić information content (AvgIpc) is 2.48. The molecule has 2 aliphatic rings. The molecule has 20 heavy (non-hydrogen) atoms. The van der Waals surface area contributed by atoms with Gasteiger partial charge in [-0.25, -0.2) is 0 Å². The lowest BCUT2D eigenvalue weighted by Gasteiger charge is -2.35. The van der Waals surface area contributed by atoms with Crippen LogP contribution in [-0.4, -0.2) is 11.3 Å². The number of hydrogen-bond donors (Lipinski definition) is 2. The van der Waals surface area contributed by atoms with Gasteiger partial charge in [0.05, 0.1) is 0 Å². The van der Waals surface area contributed by atoms with Crippen molar-refractivity contribution in [2.24, 2.45) is 10.2 Å². The number of rotatable bonds is 4. The maximum Gasteiger partial charge on any atom is 0.178 e. The minimum Gasteiger partial charge on any atom is -0.297 e. The minimum atomic E-state index is -0.547. The second-order valence-corrected chi connectivity index (χ2v) is 5.86. The lowest BCUT2D eigenvalue weighted by atomic mass is 9.89. The molecule has 0 aromatic heterocycles. The zero-order chi connectivity index (χ0) is 14.3. The van der Waals surface area contributed by atoms with E-state index in [-0.39, 0.29) is 0 Å². The van der Waals surface area contributed by atoms with E-state index in [4.69, 9.17) is 10.5 Å². The van der Waals surface area contributed by atoms with Gasteiger partial charge in [-0.3, -0.25) is 10.6 Å². The zero-order valence-corrected chi connectivity index (χ0v) is 11.9. The summed E-state index contributed by atoms with van der Waals surface area (Å²) in [6.07, 6.45) is 14.0. The predicted molar refractivity (Wildman–Crippen MR) is 74.0 cm³/mol. The molecule has 2 aliphatic carbocycles. The Morgan fingerprint density at radius 1 is 0.650 bits per heavy atom. The summed E-state index contributed by atoms with van der Waals surface area (Å²) < 4.78 is 0. The van der Waals surface area contributed by atoms with Crippen LogP contribution in [0.3, 0.4) is 0 Å². The van der Waals surface area contributed by atoms with Gasteiger partial charge in [-0.1, -0.05) is 12.8 Å². The van der Waals surface area contributed by atoms with Crippen molar-refractivity contribution in [3.05, 3.63) is 0 Å². The largest absolute Gasteiger partial charge is 0.297 e. The molecule has 2 saturated carbocycles. The lowest BCUT2D eigenvalue weighted by Crippen LogP contribution is -2.45. The zero-order valence-electron chi connectivity index (χ0n) is 11.9. The summed E-state index contributed by atoms with van der Waals surface area (Å²) in [5.74, 6) is 0. The van der Waals surface area contributed by atoms with Crippen molar-refractivity contribution < 1.29 is 0 Å². The summed E-state index contributed by atoms with van der Waals surface area (Å²) >= 11 is 0. The van der Waals surface area contributed by atoms with E-state index in [1.165, 1.54) is 12.8 Å². The van der Waals surface area contributed by atoms with Crippen LogP contribution in [0.25, 0.3) is 0 Å². The topological polar surface area (TPSA) is 96.4 Å². The molecule has 0 bridgehead atoms. The summed E-state index contributed by atoms with van der Waals surface area (Å²) in [4.78, 5) is 0. The van der Waals surface area contributed by atoms with Gasteiger partial charge in [0.2, 0.25) is 0 Å². The van der Waals surface area contributed by atoms with Crippen molar-refractivity contribution in [1.82, 2.24) is 10.6 Å². The van der Waals surface area contributed by atoms with E-state index < -0.39 is 11.3 Å². The number of nitrogens with zero attached hydrogens (tertiary/aromatic N) is 4. The fourth-order valence-electron chi connectivity index (χ4n) is 3.17. The molecule has 0 atom stereocenters. The summed E-state index contributed by atoms with van der Waals surface area (Å²) in [6.45, 7) is 0. The van der Waals surface area contributed by atoms with Crippen molar-refractivity contribution in [2.45, 2.75) is 75.5 Å². The Balaban J connectivity index is 2.14. The molecule has 108 valence electrons. The van der Waals surface area contributed by atoms with Crippen LogP contribution in [0.5, 0.6) is 0 Å². The van der Waals surface area contributed by atoms with E-state index in [1.54, 1.807) is 0 Å². The highest BCUT2D eigenvalue weighted by Gasteiger charge is 2.36. The molecule has 6 nitrogen and oxygen atoms in total. The molecule has 0 radical (unpaired) electrons. The highest BCUT2D eigenvalue weighted by molar-refractivity contribution is 4.96. The van der Waals surface area contributed by atoms with E-state index >= 15 is 0 Å². The first-order valence-corrected chi connectivity index (χ1v) is 7.51. The molecule has 2 rings (SSSR count). The fourth-order valence-corrected chi connectivity index (χ4v) is 3.17. The Hall–Kier alpha value is -1.82. The van der Waals surface area contributed by atoms with E-state index in [2.05, 4.69) is 20.9 Å². The third-order valence-electron chi connectivity index (χ3n) is 4.37. The summed E-state index contributed by atoms with van der Waals surface area (Å²) in [7, 11) is 0. The minimum absolute atomic E-state index is 0.547. The van der Waals surface area contributed by atoms with E-state index in [0.717, 1.165) is 51.4 Å². The standard InChI is InChI=1S/C14H22N6/c15-11-17-13(7-3-1-4-8-13)19-20-14(18-12-16)9-5-2-6-10-14/h17-18H,1-10H2. The molecule has 0 heterocycles. The molecule has 2 fully saturated rings. The molecular weight excluding hydrogens is 252 g/mol. The monoisotopic (exact) mass is 274 g/mol. The van der Waals surface area contributed by atoms with Crippen LogP contribution in [0, 0.1) is 22.9 Å². The second kappa shape index (κ2) is 6.56. The normalized spacial score (nSPS) is 24.5. The predicted octanol–water partition coefficient (Wildman–Crippen LogP) is 2.90. The molecule has 0 amide bonds. The Morgan fingerprint density at radius 2 is 1.00 bits per heavy atom. The summed E-state index contributed by atoms with van der Waals surface area (Å²) in [5.41, 5.74) is -1.09. The number of hydrogen-bond acceptors (Lipinski definition) is 6. The van der Waals surface area contributed by atoms with Gasteiger partial charge in [0.1, 0.15) is 0 Å². The fraction of sp³-hybridized carbons (Fsp3) is 0.857. The van der Waals surface area contributed by atoms with Gasteiger partial charge in [-0.05, 0) is 51.4 Å². The highest BCUT2D eigenvalue weighted by atomic mass is 15.3. The van der Waals surface area contributed by atoms with Gasteiger partial charge in [0, 0.05) is 0 Å². The van der Waals surface area contributed by atoms with Crippen molar-refractivity contribution in [1.29, 1.82) is 10.5 Å². The van der Waals surface area contributed by atoms with Crippen molar-refractivity contribution in [2.75, 3.05) is 0 Å². The molecule has 0 aliphatic heterocycles. The number of nitrogens with one attached hydrogen (secondary N) is 2. The maximum atomic E-state index is 8.96. The number of nitriles is 2. The first kappa shape index (κ1) is 14.6. The smallest absolute Gasteiger partial charge is 0.178 e. The van der Waals surface area contributed by atoms with E-state index in [0.29, 0.717) is 0 Å². The molecule has 2 N–H and O–H groups in total. The van der Waals surface area contributed by atoms with Gasteiger partial charge < -0.3 is 0 Å². The molecular formula is C14H22N6. The quantitative estimate of drug-likeness (QED) is 0.468. The Kier molecular flexibility index (Phi) is 4.79. The van der Waals surface area contributed by atoms with Crippen LogP contribution in [0.15, 0.2) is 10.2 Å². The molecule has 0 aromatic rings. The lowest BCUT2D eigenvalue weighted by molar-refractivity contribution is 0.212. The molecule has 0 unspecified atom stereocenters. The highest BCUT2D eigenvalue weighted by Crippen LogP contribution is 2.34. The van der Waals surface area contributed by atoms with Crippen LogP contribution in [0.4, 0.5) is 0 Å². The van der Waals surface area contributed by atoms with Crippen LogP contribution in [0.2, 0.25) is 0 Å². The third-order valence-corrected chi connectivity index (χ3v) is 4.37. The van der Waals surface area contributed by atoms with Crippen LogP contribution >= 0.6 is 0 Å². The van der Waals surface area contributed by atoms with E-state index in [9.17, 15) is 0 Å². The van der Waals surface area contributed by atoms with Gasteiger partial charge in [-0.15, -0.1) is 0 Å². The second-order valence-electron chi connectivity index (χ2n) is 5.86. The summed E-state index contributed by atoms with van der Waals surface area (Å²) in [5, 5.41) is 32.6. The summed E-state index contributed by atoms with van der Waals surface area (Å²) in [6, 6.07) is 0. The van der Waals surface area contributed by atoms with Gasteiger partial charge in [0.15, 0.2) is 23.7 Å². The van der Waals surface area contributed by atoms with Gasteiger partial charge >= 0.3 is 0 Å². The van der Waals surface area contributed by atoms with Crippen molar-refractivity contribution >= 4 is 0 Å². The van der Waals surface area contributed by atoms with Crippen molar-refractivity contribution in [3.8, 4) is 12.4 Å². The molecule has 6 heteroatoms. The Bertz CT molecular complexity index is 378. The third kappa shape index (κ3) is 3.39. The molecule has 0 saturated heterocycles. The van der Waals surface area contributed by atoms with Gasteiger partial charge in [0.25, 0.3) is 0 Å². The van der Waals surface area contributed by atoms with E-state index in [1.807, 2.05) is 12.4 Å². The molecule has 0 spiro atoms. The van der Waals surface area contributed by atoms with Crippen LogP contribution in [0.1, 0.15) is 64.2 Å². The van der Waals surface area contributed by atoms with Crippen LogP contribution in [-0.2, 0) is 0 Å². The molecule has 0 aromatic carbocycles. The Morgan fingerprint density at radius 3 is 1.30 bits per heavy atom. The first-order valence-electron chi connectivity index (χ1n) is 7.51. The average molecular weight is 274 g/mol. The van der Waals surface area contributed by atoms with Crippen molar-refractivity contribution in [3.63, 3.8) is 0 Å². The first-order chi connectivity index (χ1) is 9.74. The SMILES string of the molecule is N#CNC1(N=NC2(NC#N)CCCCC2)CCCCC1. The van der Waals surface area contributed by atoms with Gasteiger partial charge in [-0.2, -0.15) is 20.8 Å². The van der Waals surface area contributed by atoms with Crippen LogP contribution < -0.4 is 10.6 Å².